The standard InChI is InChI=1S/C16H19NO4S/c1-6-12(3)16(5)13(4)17(15(18)21-16)22(19,20)14-9-7-11(2)8-10-14/h6-10,12H,1,4H2,2-3,5H3. The number of cyclic esters (lactones) is 1. The van der Waals surface area contributed by atoms with Gasteiger partial charge in [-0.15, -0.1) is 6.58 Å². The Morgan fingerprint density at radius 3 is 2.36 bits per heavy atom. The molecule has 1 aliphatic heterocycles. The van der Waals surface area contributed by atoms with Gasteiger partial charge in [-0.3, -0.25) is 0 Å². The summed E-state index contributed by atoms with van der Waals surface area (Å²) in [6.45, 7) is 12.7. The zero-order valence-electron chi connectivity index (χ0n) is 12.9. The molecule has 5 nitrogen and oxygen atoms in total. The summed E-state index contributed by atoms with van der Waals surface area (Å²) in [5.74, 6) is -0.276. The zero-order chi connectivity index (χ0) is 16.7. The molecule has 1 fully saturated rings. The van der Waals surface area contributed by atoms with Gasteiger partial charge in [0.1, 0.15) is 0 Å². The summed E-state index contributed by atoms with van der Waals surface area (Å²) in [6.07, 6.45) is 0.655. The van der Waals surface area contributed by atoms with E-state index in [1.807, 2.05) is 6.92 Å². The van der Waals surface area contributed by atoms with Gasteiger partial charge in [-0.1, -0.05) is 37.3 Å². The van der Waals surface area contributed by atoms with Crippen molar-refractivity contribution in [2.45, 2.75) is 31.3 Å². The lowest BCUT2D eigenvalue weighted by atomic mass is 9.89. The first-order chi connectivity index (χ1) is 10.1. The fourth-order valence-electron chi connectivity index (χ4n) is 2.23. The Kier molecular flexibility index (Phi) is 3.91. The Labute approximate surface area is 130 Å². The molecule has 2 rings (SSSR count). The number of hydrogen-bond acceptors (Lipinski definition) is 4. The van der Waals surface area contributed by atoms with E-state index in [1.165, 1.54) is 12.1 Å². The van der Waals surface area contributed by atoms with Gasteiger partial charge in [-0.25, -0.2) is 13.2 Å². The molecule has 1 heterocycles. The largest absolute Gasteiger partial charge is 0.435 e. The minimum Gasteiger partial charge on any atom is -0.435 e. The highest BCUT2D eigenvalue weighted by Gasteiger charge is 2.53. The normalized spacial score (nSPS) is 23.3. The third-order valence-electron chi connectivity index (χ3n) is 4.06. The molecule has 0 aliphatic carbocycles. The van der Waals surface area contributed by atoms with Crippen LogP contribution in [-0.2, 0) is 14.8 Å². The molecule has 118 valence electrons. The third-order valence-corrected chi connectivity index (χ3v) is 5.78. The summed E-state index contributed by atoms with van der Waals surface area (Å²) in [5.41, 5.74) is -0.117. The highest BCUT2D eigenvalue weighted by molar-refractivity contribution is 7.89. The maximum absolute atomic E-state index is 12.7. The molecular weight excluding hydrogens is 302 g/mol. The van der Waals surface area contributed by atoms with Crippen LogP contribution in [0.25, 0.3) is 0 Å². The Hall–Kier alpha value is -2.08. The molecule has 1 aromatic rings. The summed E-state index contributed by atoms with van der Waals surface area (Å²) in [6, 6.07) is 6.25. The fraction of sp³-hybridized carbons (Fsp3) is 0.312. The number of carbonyl (C=O) groups is 1. The van der Waals surface area contributed by atoms with Crippen LogP contribution in [0.1, 0.15) is 19.4 Å². The van der Waals surface area contributed by atoms with E-state index in [0.717, 1.165) is 5.56 Å². The maximum atomic E-state index is 12.7. The molecule has 0 bridgehead atoms. The molecule has 22 heavy (non-hydrogen) atoms. The van der Waals surface area contributed by atoms with Crippen LogP contribution in [0.5, 0.6) is 0 Å². The van der Waals surface area contributed by atoms with E-state index in [1.54, 1.807) is 32.1 Å². The number of benzene rings is 1. The van der Waals surface area contributed by atoms with Crippen molar-refractivity contribution in [3.05, 3.63) is 54.8 Å². The molecule has 0 radical (unpaired) electrons. The average molecular weight is 321 g/mol. The second-order valence-corrected chi connectivity index (χ2v) is 7.32. The number of nitrogens with zero attached hydrogens (tertiary/aromatic N) is 1. The zero-order valence-corrected chi connectivity index (χ0v) is 13.7. The van der Waals surface area contributed by atoms with E-state index in [2.05, 4.69) is 13.2 Å². The van der Waals surface area contributed by atoms with Crippen LogP contribution >= 0.6 is 0 Å². The highest BCUT2D eigenvalue weighted by atomic mass is 32.2. The van der Waals surface area contributed by atoms with Crippen LogP contribution in [0.3, 0.4) is 0 Å². The Morgan fingerprint density at radius 1 is 1.32 bits per heavy atom. The summed E-state index contributed by atoms with van der Waals surface area (Å²) in [5, 5.41) is 0. The van der Waals surface area contributed by atoms with Gasteiger partial charge >= 0.3 is 6.09 Å². The van der Waals surface area contributed by atoms with Crippen molar-refractivity contribution in [3.8, 4) is 0 Å². The molecule has 1 saturated heterocycles. The molecule has 0 saturated carbocycles. The first kappa shape index (κ1) is 16.3. The van der Waals surface area contributed by atoms with Gasteiger partial charge in [0.2, 0.25) is 0 Å². The van der Waals surface area contributed by atoms with E-state index >= 15 is 0 Å². The van der Waals surface area contributed by atoms with Crippen LogP contribution in [0, 0.1) is 12.8 Å². The number of carbonyl (C=O) groups excluding carboxylic acids is 1. The van der Waals surface area contributed by atoms with Crippen molar-refractivity contribution in [2.75, 3.05) is 0 Å². The lowest BCUT2D eigenvalue weighted by Gasteiger charge is -2.28. The molecule has 1 aromatic carbocycles. The fourth-order valence-corrected chi connectivity index (χ4v) is 3.63. The molecule has 0 N–H and O–H groups in total. The Balaban J connectivity index is 2.48. The van der Waals surface area contributed by atoms with E-state index in [4.69, 9.17) is 4.74 Å². The van der Waals surface area contributed by atoms with Crippen molar-refractivity contribution < 1.29 is 17.9 Å². The third kappa shape index (κ3) is 2.33. The number of amides is 1. The molecule has 1 amide bonds. The van der Waals surface area contributed by atoms with Crippen molar-refractivity contribution >= 4 is 16.1 Å². The van der Waals surface area contributed by atoms with Crippen molar-refractivity contribution in [3.63, 3.8) is 0 Å². The summed E-state index contributed by atoms with van der Waals surface area (Å²) < 4.78 is 31.3. The SMILES string of the molecule is C=CC(C)C1(C)OC(=O)N(S(=O)(=O)c2ccc(C)cc2)C1=C. The topological polar surface area (TPSA) is 63.7 Å². The Morgan fingerprint density at radius 2 is 1.86 bits per heavy atom. The molecule has 1 aliphatic rings. The molecule has 0 aromatic heterocycles. The number of hydrogen-bond donors (Lipinski definition) is 0. The monoisotopic (exact) mass is 321 g/mol. The quantitative estimate of drug-likeness (QED) is 0.799. The van der Waals surface area contributed by atoms with Crippen LogP contribution in [0.2, 0.25) is 0 Å². The van der Waals surface area contributed by atoms with Gasteiger partial charge in [-0.05, 0) is 26.0 Å². The van der Waals surface area contributed by atoms with E-state index < -0.39 is 21.7 Å². The summed E-state index contributed by atoms with van der Waals surface area (Å²) in [4.78, 5) is 12.2. The van der Waals surface area contributed by atoms with Gasteiger partial charge in [0.25, 0.3) is 10.0 Å². The predicted molar refractivity (Wildman–Crippen MR) is 83.6 cm³/mol. The lowest BCUT2D eigenvalue weighted by Crippen LogP contribution is -2.36. The molecule has 6 heteroatoms. The van der Waals surface area contributed by atoms with E-state index in [9.17, 15) is 13.2 Å². The minimum absolute atomic E-state index is 0.0201. The minimum atomic E-state index is -4.04. The van der Waals surface area contributed by atoms with Crippen molar-refractivity contribution in [1.29, 1.82) is 0 Å². The summed E-state index contributed by atoms with van der Waals surface area (Å²) >= 11 is 0. The highest BCUT2D eigenvalue weighted by Crippen LogP contribution is 2.41. The maximum Gasteiger partial charge on any atom is 0.429 e. The van der Waals surface area contributed by atoms with Gasteiger partial charge in [0.05, 0.1) is 10.6 Å². The van der Waals surface area contributed by atoms with Crippen LogP contribution in [0.15, 0.2) is 54.1 Å². The average Bonchev–Trinajstić information content (AvgIpc) is 2.69. The van der Waals surface area contributed by atoms with Crippen LogP contribution in [-0.4, -0.2) is 24.4 Å². The first-order valence-electron chi connectivity index (χ1n) is 6.81. The molecule has 2 unspecified atom stereocenters. The van der Waals surface area contributed by atoms with E-state index in [0.29, 0.717) is 4.31 Å². The van der Waals surface area contributed by atoms with E-state index in [-0.39, 0.29) is 16.5 Å². The van der Waals surface area contributed by atoms with Crippen LogP contribution < -0.4 is 0 Å². The molecular formula is C16H19NO4S. The van der Waals surface area contributed by atoms with Gasteiger partial charge in [0, 0.05) is 5.92 Å². The second-order valence-electron chi connectivity index (χ2n) is 5.53. The van der Waals surface area contributed by atoms with Crippen molar-refractivity contribution in [2.24, 2.45) is 5.92 Å². The van der Waals surface area contributed by atoms with Crippen LogP contribution in [0.4, 0.5) is 4.79 Å². The van der Waals surface area contributed by atoms with Gasteiger partial charge < -0.3 is 4.74 Å². The number of aryl methyl sites for hydroxylation is 1. The smallest absolute Gasteiger partial charge is 0.429 e. The molecule has 2 atom stereocenters. The second kappa shape index (κ2) is 5.28. The van der Waals surface area contributed by atoms with Crippen molar-refractivity contribution in [1.82, 2.24) is 4.31 Å². The summed E-state index contributed by atoms with van der Waals surface area (Å²) in [7, 11) is -4.04. The number of ether oxygens (including phenoxy) is 1. The Bertz CT molecular complexity index is 736. The first-order valence-corrected chi connectivity index (χ1v) is 8.25. The lowest BCUT2D eigenvalue weighted by molar-refractivity contribution is 0.0579. The number of sulfonamides is 1. The van der Waals surface area contributed by atoms with Gasteiger partial charge in [-0.2, -0.15) is 4.31 Å². The number of rotatable bonds is 4. The predicted octanol–water partition coefficient (Wildman–Crippen LogP) is 3.23. The van der Waals surface area contributed by atoms with Gasteiger partial charge in [0.15, 0.2) is 5.60 Å². The molecule has 0 spiro atoms.